The van der Waals surface area contributed by atoms with Crippen LogP contribution in [0.3, 0.4) is 0 Å². The zero-order chi connectivity index (χ0) is 18.4. The van der Waals surface area contributed by atoms with E-state index in [0.29, 0.717) is 29.8 Å². The van der Waals surface area contributed by atoms with Gasteiger partial charge in [-0.05, 0) is 24.1 Å². The van der Waals surface area contributed by atoms with E-state index in [9.17, 15) is 14.0 Å². The maximum atomic E-state index is 13.0. The number of benzene rings is 2. The van der Waals surface area contributed by atoms with Crippen LogP contribution in [0.25, 0.3) is 11.1 Å². The van der Waals surface area contributed by atoms with Crippen molar-refractivity contribution in [2.24, 2.45) is 0 Å². The molecular weight excluding hydrogens is 333 g/mol. The van der Waals surface area contributed by atoms with Gasteiger partial charge in [0.25, 0.3) is 0 Å². The smallest absolute Gasteiger partial charge is 0.225 e. The molecule has 2 N–H and O–H groups in total. The van der Waals surface area contributed by atoms with Crippen LogP contribution in [0.15, 0.2) is 60.8 Å². The largest absolute Gasteiger partial charge is 0.311 e. The quantitative estimate of drug-likeness (QED) is 0.626. The number of halogens is 1. The van der Waals surface area contributed by atoms with E-state index in [1.807, 2.05) is 18.2 Å². The SMILES string of the molecule is O=C(CCCC(=O)c1ccccc1)Nc1[nH]ncc1-c1ccc(F)cc1. The molecule has 0 spiro atoms. The zero-order valence-corrected chi connectivity index (χ0v) is 14.0. The molecule has 3 aromatic rings. The van der Waals surface area contributed by atoms with E-state index < -0.39 is 0 Å². The van der Waals surface area contributed by atoms with Crippen LogP contribution in [0, 0.1) is 5.82 Å². The van der Waals surface area contributed by atoms with Crippen LogP contribution in [0.5, 0.6) is 0 Å². The number of hydrogen-bond donors (Lipinski definition) is 2. The van der Waals surface area contributed by atoms with Crippen molar-refractivity contribution < 1.29 is 14.0 Å². The van der Waals surface area contributed by atoms with Gasteiger partial charge in [-0.1, -0.05) is 42.5 Å². The van der Waals surface area contributed by atoms with Crippen LogP contribution in [0.2, 0.25) is 0 Å². The van der Waals surface area contributed by atoms with Gasteiger partial charge in [-0.25, -0.2) is 4.39 Å². The summed E-state index contributed by atoms with van der Waals surface area (Å²) in [6.45, 7) is 0. The molecule has 6 heteroatoms. The molecule has 0 aliphatic carbocycles. The number of aromatic nitrogens is 2. The van der Waals surface area contributed by atoms with E-state index in [1.54, 1.807) is 30.5 Å². The third-order valence-corrected chi connectivity index (χ3v) is 3.96. The molecule has 0 aliphatic heterocycles. The van der Waals surface area contributed by atoms with Gasteiger partial charge in [0.05, 0.1) is 6.20 Å². The molecule has 0 atom stereocenters. The number of anilines is 1. The van der Waals surface area contributed by atoms with Crippen molar-refractivity contribution >= 4 is 17.5 Å². The summed E-state index contributed by atoms with van der Waals surface area (Å²) in [6, 6.07) is 15.0. The number of Topliss-reactive ketones (excluding diaryl/α,β-unsaturated/α-hetero) is 1. The molecule has 1 heterocycles. The average molecular weight is 351 g/mol. The van der Waals surface area contributed by atoms with Crippen molar-refractivity contribution in [3.63, 3.8) is 0 Å². The summed E-state index contributed by atoms with van der Waals surface area (Å²) in [6.07, 6.45) is 2.56. The Bertz CT molecular complexity index is 889. The molecule has 1 aromatic heterocycles. The highest BCUT2D eigenvalue weighted by Crippen LogP contribution is 2.26. The van der Waals surface area contributed by atoms with E-state index >= 15 is 0 Å². The number of amides is 1. The monoisotopic (exact) mass is 351 g/mol. The fraction of sp³-hybridized carbons (Fsp3) is 0.150. The summed E-state index contributed by atoms with van der Waals surface area (Å²) < 4.78 is 13.0. The normalized spacial score (nSPS) is 10.5. The zero-order valence-electron chi connectivity index (χ0n) is 14.0. The van der Waals surface area contributed by atoms with Crippen molar-refractivity contribution in [2.45, 2.75) is 19.3 Å². The van der Waals surface area contributed by atoms with Crippen molar-refractivity contribution in [3.05, 3.63) is 72.2 Å². The number of carbonyl (C=O) groups excluding carboxylic acids is 2. The first kappa shape index (κ1) is 17.5. The Kier molecular flexibility index (Phi) is 5.53. The van der Waals surface area contributed by atoms with E-state index in [4.69, 9.17) is 0 Å². The Labute approximate surface area is 150 Å². The van der Waals surface area contributed by atoms with Crippen LogP contribution in [-0.4, -0.2) is 21.9 Å². The molecule has 0 aliphatic rings. The summed E-state index contributed by atoms with van der Waals surface area (Å²) in [4.78, 5) is 24.2. The number of rotatable bonds is 7. The number of aromatic amines is 1. The van der Waals surface area contributed by atoms with Gasteiger partial charge < -0.3 is 5.32 Å². The van der Waals surface area contributed by atoms with Gasteiger partial charge in [-0.15, -0.1) is 0 Å². The predicted molar refractivity (Wildman–Crippen MR) is 97.2 cm³/mol. The van der Waals surface area contributed by atoms with E-state index in [1.165, 1.54) is 12.1 Å². The van der Waals surface area contributed by atoms with Gasteiger partial charge in [-0.3, -0.25) is 14.7 Å². The van der Waals surface area contributed by atoms with Crippen LogP contribution < -0.4 is 5.32 Å². The third-order valence-electron chi connectivity index (χ3n) is 3.96. The lowest BCUT2D eigenvalue weighted by Gasteiger charge is -2.06. The Morgan fingerprint density at radius 1 is 1.00 bits per heavy atom. The van der Waals surface area contributed by atoms with Crippen LogP contribution in [0.1, 0.15) is 29.6 Å². The number of ketones is 1. The summed E-state index contributed by atoms with van der Waals surface area (Å²) in [5, 5.41) is 9.42. The van der Waals surface area contributed by atoms with Crippen molar-refractivity contribution in [3.8, 4) is 11.1 Å². The summed E-state index contributed by atoms with van der Waals surface area (Å²) >= 11 is 0. The van der Waals surface area contributed by atoms with Gasteiger partial charge in [0.1, 0.15) is 11.6 Å². The second kappa shape index (κ2) is 8.20. The standard InChI is InChI=1S/C20H18FN3O2/c21-16-11-9-14(10-12-16)17-13-22-24-20(17)23-19(26)8-4-7-18(25)15-5-2-1-3-6-15/h1-3,5-6,9-13H,4,7-8H2,(H2,22,23,24,26). The predicted octanol–water partition coefficient (Wildman–Crippen LogP) is 4.21. The molecule has 26 heavy (non-hydrogen) atoms. The van der Waals surface area contributed by atoms with Gasteiger partial charge in [-0.2, -0.15) is 5.10 Å². The minimum Gasteiger partial charge on any atom is -0.311 e. The fourth-order valence-electron chi connectivity index (χ4n) is 2.61. The van der Waals surface area contributed by atoms with E-state index in [2.05, 4.69) is 15.5 Å². The lowest BCUT2D eigenvalue weighted by molar-refractivity contribution is -0.116. The third kappa shape index (κ3) is 4.42. The van der Waals surface area contributed by atoms with Gasteiger partial charge in [0.2, 0.25) is 5.91 Å². The number of nitrogens with zero attached hydrogens (tertiary/aromatic N) is 1. The molecule has 132 valence electrons. The van der Waals surface area contributed by atoms with Crippen molar-refractivity contribution in [2.75, 3.05) is 5.32 Å². The maximum Gasteiger partial charge on any atom is 0.225 e. The average Bonchev–Trinajstić information content (AvgIpc) is 3.11. The Balaban J connectivity index is 1.54. The number of carbonyl (C=O) groups is 2. The molecule has 1 amide bonds. The highest BCUT2D eigenvalue weighted by Gasteiger charge is 2.12. The first-order valence-corrected chi connectivity index (χ1v) is 8.31. The molecule has 0 bridgehead atoms. The first-order valence-electron chi connectivity index (χ1n) is 8.31. The van der Waals surface area contributed by atoms with Gasteiger partial charge >= 0.3 is 0 Å². The Hall–Kier alpha value is -3.28. The Morgan fingerprint density at radius 2 is 1.73 bits per heavy atom. The van der Waals surface area contributed by atoms with Gasteiger partial charge in [0.15, 0.2) is 5.78 Å². The van der Waals surface area contributed by atoms with Crippen LogP contribution in [0.4, 0.5) is 10.2 Å². The maximum absolute atomic E-state index is 13.0. The second-order valence-electron chi connectivity index (χ2n) is 5.86. The number of nitrogens with one attached hydrogen (secondary N) is 2. The molecule has 5 nitrogen and oxygen atoms in total. The molecule has 0 saturated heterocycles. The molecule has 0 unspecified atom stereocenters. The highest BCUT2D eigenvalue weighted by atomic mass is 19.1. The minimum atomic E-state index is -0.328. The minimum absolute atomic E-state index is 0.0203. The van der Waals surface area contributed by atoms with Gasteiger partial charge in [0, 0.05) is 24.0 Å². The summed E-state index contributed by atoms with van der Waals surface area (Å²) in [5.41, 5.74) is 2.08. The molecule has 0 radical (unpaired) electrons. The Morgan fingerprint density at radius 3 is 2.46 bits per heavy atom. The second-order valence-corrected chi connectivity index (χ2v) is 5.86. The van der Waals surface area contributed by atoms with Crippen molar-refractivity contribution in [1.29, 1.82) is 0 Å². The fourth-order valence-corrected chi connectivity index (χ4v) is 2.61. The van der Waals surface area contributed by atoms with Crippen molar-refractivity contribution in [1.82, 2.24) is 10.2 Å². The first-order chi connectivity index (χ1) is 12.6. The summed E-state index contributed by atoms with van der Waals surface area (Å²) in [7, 11) is 0. The lowest BCUT2D eigenvalue weighted by atomic mass is 10.1. The summed E-state index contributed by atoms with van der Waals surface area (Å²) in [5.74, 6) is -0.0627. The number of H-pyrrole nitrogens is 1. The van der Waals surface area contributed by atoms with E-state index in [-0.39, 0.29) is 23.9 Å². The van der Waals surface area contributed by atoms with Crippen LogP contribution >= 0.6 is 0 Å². The molecule has 2 aromatic carbocycles. The molecule has 0 saturated carbocycles. The lowest BCUT2D eigenvalue weighted by Crippen LogP contribution is -2.13. The molecular formula is C20H18FN3O2. The molecule has 3 rings (SSSR count). The van der Waals surface area contributed by atoms with Crippen LogP contribution in [-0.2, 0) is 4.79 Å². The topological polar surface area (TPSA) is 74.8 Å². The number of hydrogen-bond acceptors (Lipinski definition) is 3. The molecule has 0 fully saturated rings. The van der Waals surface area contributed by atoms with E-state index in [0.717, 1.165) is 5.56 Å². The highest BCUT2D eigenvalue weighted by molar-refractivity contribution is 5.97.